The minimum Gasteiger partial charge on any atom is -0.387 e. The van der Waals surface area contributed by atoms with E-state index in [4.69, 9.17) is 24.7 Å². The summed E-state index contributed by atoms with van der Waals surface area (Å²) < 4.78 is 15.2. The molecular formula is C6H13O7P. The van der Waals surface area contributed by atoms with Gasteiger partial charge in [-0.3, -0.25) is 4.57 Å². The van der Waals surface area contributed by atoms with Crippen molar-refractivity contribution in [3.8, 4) is 0 Å². The van der Waals surface area contributed by atoms with Crippen molar-refractivity contribution < 1.29 is 34.4 Å². The molecule has 5 N–H and O–H groups in total. The quantitative estimate of drug-likeness (QED) is 0.353. The Hall–Kier alpha value is -0.0100. The summed E-state index contributed by atoms with van der Waals surface area (Å²) in [4.78, 5) is 17.1. The first-order valence-corrected chi connectivity index (χ1v) is 5.85. The van der Waals surface area contributed by atoms with E-state index in [9.17, 15) is 9.67 Å². The van der Waals surface area contributed by atoms with Crippen molar-refractivity contribution >= 4 is 7.60 Å². The van der Waals surface area contributed by atoms with Gasteiger partial charge in [0.15, 0.2) is 6.29 Å². The molecule has 1 heterocycles. The van der Waals surface area contributed by atoms with E-state index in [0.717, 1.165) is 0 Å². The van der Waals surface area contributed by atoms with Crippen LogP contribution in [0.2, 0.25) is 0 Å². The molecule has 0 aromatic rings. The van der Waals surface area contributed by atoms with E-state index in [0.29, 0.717) is 0 Å². The first-order chi connectivity index (χ1) is 6.31. The average molecular weight is 228 g/mol. The highest BCUT2D eigenvalue weighted by Crippen LogP contribution is 2.37. The van der Waals surface area contributed by atoms with Crippen LogP contribution in [0.4, 0.5) is 0 Å². The summed E-state index contributed by atoms with van der Waals surface area (Å²) in [6.45, 7) is 0. The van der Waals surface area contributed by atoms with E-state index in [2.05, 4.69) is 0 Å². The predicted octanol–water partition coefficient (Wildman–Crippen LogP) is -2.01. The van der Waals surface area contributed by atoms with Gasteiger partial charge >= 0.3 is 7.60 Å². The lowest BCUT2D eigenvalue weighted by atomic mass is 10.1. The second kappa shape index (κ2) is 4.24. The van der Waals surface area contributed by atoms with Crippen LogP contribution in [0.25, 0.3) is 0 Å². The van der Waals surface area contributed by atoms with Gasteiger partial charge in [0.25, 0.3) is 0 Å². The van der Waals surface area contributed by atoms with Gasteiger partial charge in [-0.25, -0.2) is 0 Å². The molecule has 4 atom stereocenters. The van der Waals surface area contributed by atoms with Crippen LogP contribution in [0.5, 0.6) is 0 Å². The molecule has 0 bridgehead atoms. The summed E-state index contributed by atoms with van der Waals surface area (Å²) in [7, 11) is -4.14. The summed E-state index contributed by atoms with van der Waals surface area (Å²) >= 11 is 0. The molecule has 0 amide bonds. The van der Waals surface area contributed by atoms with Crippen LogP contribution in [0, 0.1) is 0 Å². The molecule has 8 heteroatoms. The monoisotopic (exact) mass is 228 g/mol. The Kier molecular flexibility index (Phi) is 3.65. The van der Waals surface area contributed by atoms with Gasteiger partial charge in [0.2, 0.25) is 0 Å². The van der Waals surface area contributed by atoms with Gasteiger partial charge in [-0.05, 0) is 6.42 Å². The highest BCUT2D eigenvalue weighted by molar-refractivity contribution is 7.51. The zero-order chi connectivity index (χ0) is 10.9. The molecule has 0 aliphatic carbocycles. The molecule has 0 spiro atoms. The third-order valence-corrected chi connectivity index (χ3v) is 2.88. The fraction of sp³-hybridized carbons (Fsp3) is 1.00. The Labute approximate surface area is 80.1 Å². The number of ether oxygens (including phenoxy) is 1. The number of aliphatic hydroxyl groups is 3. The molecule has 0 radical (unpaired) electrons. The van der Waals surface area contributed by atoms with Crippen molar-refractivity contribution in [3.05, 3.63) is 0 Å². The van der Waals surface area contributed by atoms with Crippen LogP contribution in [-0.4, -0.2) is 55.9 Å². The minimum absolute atomic E-state index is 0.112. The van der Waals surface area contributed by atoms with E-state index < -0.39 is 38.4 Å². The molecular weight excluding hydrogens is 215 g/mol. The lowest BCUT2D eigenvalue weighted by Crippen LogP contribution is -2.32. The zero-order valence-corrected chi connectivity index (χ0v) is 8.12. The third kappa shape index (κ3) is 2.99. The van der Waals surface area contributed by atoms with Crippen LogP contribution in [0.1, 0.15) is 6.42 Å². The van der Waals surface area contributed by atoms with Crippen molar-refractivity contribution in [1.82, 2.24) is 0 Å². The van der Waals surface area contributed by atoms with Crippen molar-refractivity contribution in [2.24, 2.45) is 0 Å². The molecule has 7 nitrogen and oxygen atoms in total. The summed E-state index contributed by atoms with van der Waals surface area (Å²) in [6, 6.07) is 0. The molecule has 0 aromatic carbocycles. The number of rotatable bonds is 3. The van der Waals surface area contributed by atoms with Crippen LogP contribution in [0.15, 0.2) is 0 Å². The summed E-state index contributed by atoms with van der Waals surface area (Å²) in [5.74, 6) is 0. The van der Waals surface area contributed by atoms with Gasteiger partial charge in [-0.2, -0.15) is 0 Å². The maximum Gasteiger partial charge on any atom is 0.325 e. The predicted molar refractivity (Wildman–Crippen MR) is 44.4 cm³/mol. The molecule has 0 saturated carbocycles. The zero-order valence-electron chi connectivity index (χ0n) is 7.22. The van der Waals surface area contributed by atoms with Crippen molar-refractivity contribution in [2.45, 2.75) is 31.0 Å². The minimum atomic E-state index is -4.14. The summed E-state index contributed by atoms with van der Waals surface area (Å²) in [5.41, 5.74) is 0. The van der Waals surface area contributed by atoms with Crippen LogP contribution >= 0.6 is 7.60 Å². The SMILES string of the molecule is O=P(O)(O)CC[C@H]1OC(O)[C@H](O)[C@@H]1O. The average Bonchev–Trinajstić information content (AvgIpc) is 2.28. The Balaban J connectivity index is 2.44. The molecule has 14 heavy (non-hydrogen) atoms. The number of hydrogen-bond donors (Lipinski definition) is 5. The first-order valence-electron chi connectivity index (χ1n) is 4.05. The Bertz CT molecular complexity index is 238. The van der Waals surface area contributed by atoms with Crippen molar-refractivity contribution in [3.63, 3.8) is 0 Å². The van der Waals surface area contributed by atoms with E-state index in [1.807, 2.05) is 0 Å². The molecule has 1 aliphatic rings. The van der Waals surface area contributed by atoms with E-state index in [-0.39, 0.29) is 6.42 Å². The molecule has 1 saturated heterocycles. The molecule has 1 unspecified atom stereocenters. The molecule has 1 fully saturated rings. The fourth-order valence-corrected chi connectivity index (χ4v) is 1.85. The Morgan fingerprint density at radius 3 is 2.07 bits per heavy atom. The molecule has 1 aliphatic heterocycles. The van der Waals surface area contributed by atoms with Crippen molar-refractivity contribution in [1.29, 1.82) is 0 Å². The van der Waals surface area contributed by atoms with Gasteiger partial charge < -0.3 is 29.8 Å². The van der Waals surface area contributed by atoms with Gasteiger partial charge in [-0.1, -0.05) is 0 Å². The first kappa shape index (κ1) is 12.1. The lowest BCUT2D eigenvalue weighted by Gasteiger charge is -2.14. The van der Waals surface area contributed by atoms with Gasteiger partial charge in [0.1, 0.15) is 12.2 Å². The fourth-order valence-electron chi connectivity index (χ4n) is 1.26. The van der Waals surface area contributed by atoms with Gasteiger partial charge in [-0.15, -0.1) is 0 Å². The second-order valence-electron chi connectivity index (χ2n) is 3.22. The van der Waals surface area contributed by atoms with E-state index in [1.165, 1.54) is 0 Å². The summed E-state index contributed by atoms with van der Waals surface area (Å²) in [6.07, 6.45) is -5.72. The number of hydrogen-bond acceptors (Lipinski definition) is 5. The largest absolute Gasteiger partial charge is 0.387 e. The second-order valence-corrected chi connectivity index (χ2v) is 5.00. The van der Waals surface area contributed by atoms with Crippen molar-refractivity contribution in [2.75, 3.05) is 6.16 Å². The highest BCUT2D eigenvalue weighted by Gasteiger charge is 2.41. The topological polar surface area (TPSA) is 127 Å². The smallest absolute Gasteiger partial charge is 0.325 e. The number of aliphatic hydroxyl groups excluding tert-OH is 3. The molecule has 1 rings (SSSR count). The molecule has 0 aromatic heterocycles. The third-order valence-electron chi connectivity index (χ3n) is 2.04. The lowest BCUT2D eigenvalue weighted by molar-refractivity contribution is -0.127. The van der Waals surface area contributed by atoms with Gasteiger partial charge in [0, 0.05) is 0 Å². The highest BCUT2D eigenvalue weighted by atomic mass is 31.2. The maximum atomic E-state index is 10.5. The Morgan fingerprint density at radius 1 is 1.14 bits per heavy atom. The summed E-state index contributed by atoms with van der Waals surface area (Å²) in [5, 5.41) is 27.2. The molecule has 84 valence electrons. The maximum absolute atomic E-state index is 10.5. The Morgan fingerprint density at radius 2 is 1.71 bits per heavy atom. The standard InChI is InChI=1S/C6H13O7P/c7-4-3(1-2-14(10,11)12)13-6(9)5(4)8/h3-9H,1-2H2,(H2,10,11,12)/t3-,4-,5-,6?/m1/s1. The normalized spacial score (nSPS) is 38.9. The van der Waals surface area contributed by atoms with Gasteiger partial charge in [0.05, 0.1) is 12.3 Å². The van der Waals surface area contributed by atoms with Crippen LogP contribution in [0.3, 0.4) is 0 Å². The van der Waals surface area contributed by atoms with Crippen LogP contribution < -0.4 is 0 Å². The van der Waals surface area contributed by atoms with E-state index in [1.54, 1.807) is 0 Å². The van der Waals surface area contributed by atoms with Crippen LogP contribution in [-0.2, 0) is 9.30 Å². The van der Waals surface area contributed by atoms with E-state index >= 15 is 0 Å².